The van der Waals surface area contributed by atoms with Crippen molar-refractivity contribution in [3.05, 3.63) is 12.7 Å². The summed E-state index contributed by atoms with van der Waals surface area (Å²) in [6.45, 7) is 2.92. The van der Waals surface area contributed by atoms with Gasteiger partial charge in [0.15, 0.2) is 0 Å². The van der Waals surface area contributed by atoms with Gasteiger partial charge in [0.05, 0.1) is 6.61 Å². The molecule has 1 aliphatic rings. The van der Waals surface area contributed by atoms with E-state index in [-0.39, 0.29) is 11.5 Å². The zero-order valence-electron chi connectivity index (χ0n) is 11.5. The molecule has 0 amide bonds. The molecule has 0 aromatic carbocycles. The summed E-state index contributed by atoms with van der Waals surface area (Å²) in [4.78, 5) is 0. The standard InChI is InChI=1S/C11H19NO8S2/c1-3-4-7(12-20-22(2,17)18)21-11-10(16)9(15)8(14)6(5-13)19-11/h3,6,8-11,13-16H,1-2,4-5H2,(H,17,18)/b12-7-/t6?,8-,9+,10?,11+/m1/s1. The van der Waals surface area contributed by atoms with Crippen LogP contribution in [0.5, 0.6) is 0 Å². The number of allylic oxidation sites excluding steroid dienone is 1. The first-order valence-corrected chi connectivity index (χ1v) is 8.61. The van der Waals surface area contributed by atoms with Gasteiger partial charge in [0.25, 0.3) is 10.1 Å². The van der Waals surface area contributed by atoms with Gasteiger partial charge in [-0.1, -0.05) is 23.0 Å². The average molecular weight is 357 g/mol. The van der Waals surface area contributed by atoms with Crippen molar-refractivity contribution in [1.82, 2.24) is 0 Å². The minimum atomic E-state index is -3.79. The van der Waals surface area contributed by atoms with E-state index in [0.29, 0.717) is 0 Å². The summed E-state index contributed by atoms with van der Waals surface area (Å²) in [5.41, 5.74) is -1.07. The van der Waals surface area contributed by atoms with Crippen molar-refractivity contribution in [3.63, 3.8) is 0 Å². The summed E-state index contributed by atoms with van der Waals surface area (Å²) in [7, 11) is -3.79. The van der Waals surface area contributed by atoms with Gasteiger partial charge in [-0.15, -0.1) is 6.58 Å². The molecule has 0 saturated carbocycles. The number of aliphatic hydroxyl groups is 4. The molecule has 22 heavy (non-hydrogen) atoms. The lowest BCUT2D eigenvalue weighted by atomic mass is 10.0. The molecule has 0 aromatic rings. The predicted octanol–water partition coefficient (Wildman–Crippen LogP) is -1.47. The van der Waals surface area contributed by atoms with Gasteiger partial charge < -0.3 is 25.2 Å². The lowest BCUT2D eigenvalue weighted by Gasteiger charge is -2.39. The zero-order valence-corrected chi connectivity index (χ0v) is 13.2. The molecule has 3 unspecified atom stereocenters. The van der Waals surface area contributed by atoms with Crippen LogP contribution in [-0.4, -0.2) is 76.6 Å². The van der Waals surface area contributed by atoms with Gasteiger partial charge in [-0.05, 0) is 0 Å². The fourth-order valence-electron chi connectivity index (χ4n) is 1.63. The van der Waals surface area contributed by atoms with Gasteiger partial charge in [0, 0.05) is 12.3 Å². The highest BCUT2D eigenvalue weighted by atomic mass is 32.2. The summed E-state index contributed by atoms with van der Waals surface area (Å²) in [6, 6.07) is 0. The molecule has 0 spiro atoms. The van der Waals surface area contributed by atoms with Gasteiger partial charge in [0.1, 0.15) is 34.9 Å². The van der Waals surface area contributed by atoms with Crippen LogP contribution in [0, 0.1) is 0 Å². The number of thioether (sulfide) groups is 1. The minimum Gasteiger partial charge on any atom is -0.394 e. The van der Waals surface area contributed by atoms with Crippen LogP contribution in [0.1, 0.15) is 6.42 Å². The topological polar surface area (TPSA) is 149 Å². The van der Waals surface area contributed by atoms with Crippen LogP contribution in [0.4, 0.5) is 0 Å². The van der Waals surface area contributed by atoms with Crippen LogP contribution in [0.25, 0.3) is 0 Å². The van der Waals surface area contributed by atoms with E-state index in [1.807, 2.05) is 0 Å². The van der Waals surface area contributed by atoms with Crippen LogP contribution in [-0.2, 0) is 19.1 Å². The summed E-state index contributed by atoms with van der Waals surface area (Å²) < 4.78 is 29.4. The first-order chi connectivity index (χ1) is 10.2. The number of oxime groups is 1. The molecule has 6 atom stereocenters. The van der Waals surface area contributed by atoms with Crippen LogP contribution in [0.2, 0.25) is 0 Å². The fraction of sp³-hybridized carbons (Fsp3) is 0.636. The second-order valence-corrected chi connectivity index (χ2v) is 6.93. The number of hydrogen-bond donors (Lipinski definition) is 5. The zero-order chi connectivity index (χ0) is 16.9. The molecule has 0 radical (unpaired) electrons. The van der Waals surface area contributed by atoms with Crippen molar-refractivity contribution in [1.29, 1.82) is 0 Å². The molecular weight excluding hydrogens is 338 g/mol. The third kappa shape index (κ3) is 5.52. The molecule has 0 aromatic heterocycles. The molecular formula is C11H19NO8S2. The fourth-order valence-corrected chi connectivity index (χ4v) is 2.94. The highest BCUT2D eigenvalue weighted by Crippen LogP contribution is 2.30. The minimum absolute atomic E-state index is 0.129. The van der Waals surface area contributed by atoms with E-state index >= 15 is 0 Å². The van der Waals surface area contributed by atoms with Gasteiger partial charge in [0.2, 0.25) is 0 Å². The Hall–Kier alpha value is -0.660. The summed E-state index contributed by atoms with van der Waals surface area (Å²) >= 11 is 0.799. The Morgan fingerprint density at radius 2 is 2.00 bits per heavy atom. The molecule has 128 valence electrons. The van der Waals surface area contributed by atoms with E-state index in [2.05, 4.69) is 21.9 Å². The van der Waals surface area contributed by atoms with E-state index in [1.165, 1.54) is 6.08 Å². The quantitative estimate of drug-likeness (QED) is 0.126. The molecule has 0 aliphatic carbocycles. The van der Waals surface area contributed by atoms with E-state index in [0.717, 1.165) is 11.8 Å². The van der Waals surface area contributed by atoms with Crippen molar-refractivity contribution in [2.75, 3.05) is 6.61 Å². The molecule has 9 nitrogen and oxygen atoms in total. The van der Waals surface area contributed by atoms with Crippen molar-refractivity contribution in [2.24, 2.45) is 5.16 Å². The van der Waals surface area contributed by atoms with Gasteiger partial charge in [-0.3, -0.25) is 8.84 Å². The first kappa shape index (κ1) is 19.4. The molecule has 1 saturated heterocycles. The number of aliphatic hydroxyl groups excluding tert-OH is 4. The van der Waals surface area contributed by atoms with Crippen LogP contribution >= 0.6 is 11.8 Å². The highest BCUT2D eigenvalue weighted by molar-refractivity contribution is 8.14. The maximum absolute atomic E-state index is 10.9. The van der Waals surface area contributed by atoms with Crippen molar-refractivity contribution in [2.45, 2.75) is 36.3 Å². The number of rotatable bonds is 6. The molecule has 0 bridgehead atoms. The van der Waals surface area contributed by atoms with Gasteiger partial charge in [-0.25, -0.2) is 0 Å². The third-order valence-electron chi connectivity index (χ3n) is 2.68. The average Bonchev–Trinajstić information content (AvgIpc) is 2.44. The Morgan fingerprint density at radius 3 is 2.50 bits per heavy atom. The Kier molecular flexibility index (Phi) is 7.28. The van der Waals surface area contributed by atoms with Crippen molar-refractivity contribution < 1.29 is 38.2 Å². The van der Waals surface area contributed by atoms with Gasteiger partial charge in [-0.2, -0.15) is 4.21 Å². The predicted molar refractivity (Wildman–Crippen MR) is 82.6 cm³/mol. The highest BCUT2D eigenvalue weighted by Gasteiger charge is 2.44. The monoisotopic (exact) mass is 357 g/mol. The lowest BCUT2D eigenvalue weighted by Crippen LogP contribution is -2.57. The summed E-state index contributed by atoms with van der Waals surface area (Å²) in [5, 5.41) is 41.9. The summed E-state index contributed by atoms with van der Waals surface area (Å²) in [6.07, 6.45) is -3.95. The maximum Gasteiger partial charge on any atom is 0.261 e. The van der Waals surface area contributed by atoms with Crippen molar-refractivity contribution in [3.8, 4) is 0 Å². The van der Waals surface area contributed by atoms with E-state index in [9.17, 15) is 19.5 Å². The maximum atomic E-state index is 10.9. The lowest BCUT2D eigenvalue weighted by molar-refractivity contribution is -0.205. The van der Waals surface area contributed by atoms with Crippen LogP contribution in [0.15, 0.2) is 17.8 Å². The van der Waals surface area contributed by atoms with E-state index in [1.54, 1.807) is 0 Å². The number of hydrogen-bond acceptors (Lipinski definition) is 9. The Morgan fingerprint density at radius 1 is 1.36 bits per heavy atom. The Balaban J connectivity index is 2.85. The molecule has 1 heterocycles. The summed E-state index contributed by atoms with van der Waals surface area (Å²) in [5.74, 6) is 2.84. The second kappa shape index (κ2) is 8.26. The normalized spacial score (nSPS) is 35.7. The largest absolute Gasteiger partial charge is 0.394 e. The molecule has 1 aliphatic heterocycles. The molecule has 1 fully saturated rings. The first-order valence-electron chi connectivity index (χ1n) is 6.12. The Labute approximate surface area is 132 Å². The Bertz CT molecular complexity index is 506. The van der Waals surface area contributed by atoms with Gasteiger partial charge >= 0.3 is 0 Å². The van der Waals surface area contributed by atoms with E-state index < -0.39 is 46.5 Å². The SMILES string of the molecule is C=CC/C(=N/OS(=C)(=O)O)S[C@@H]1OC(CO)[C@@H](O)[C@H](O)C1O. The smallest absolute Gasteiger partial charge is 0.261 e. The third-order valence-corrected chi connectivity index (χ3v) is 4.12. The van der Waals surface area contributed by atoms with Crippen LogP contribution < -0.4 is 0 Å². The van der Waals surface area contributed by atoms with E-state index in [4.69, 9.17) is 14.4 Å². The van der Waals surface area contributed by atoms with Crippen molar-refractivity contribution >= 4 is 32.8 Å². The number of ether oxygens (including phenoxy) is 1. The second-order valence-electron chi connectivity index (χ2n) is 4.45. The molecule has 5 N–H and O–H groups in total. The molecule has 1 rings (SSSR count). The number of nitrogens with zero attached hydrogens (tertiary/aromatic N) is 1. The van der Waals surface area contributed by atoms with Crippen LogP contribution in [0.3, 0.4) is 0 Å². The molecule has 11 heteroatoms.